The van der Waals surface area contributed by atoms with Gasteiger partial charge in [0.05, 0.1) is 0 Å². The largest absolute Gasteiger partial charge is 0.440 e. The van der Waals surface area contributed by atoms with E-state index >= 15 is 0 Å². The number of nitrogens with one attached hydrogen (secondary N) is 1. The average molecular weight is 237 g/mol. The zero-order valence-electron chi connectivity index (χ0n) is 9.59. The first-order valence-electron chi connectivity index (χ1n) is 5.68. The maximum Gasteiger partial charge on any atom is 0.257 e. The molecule has 0 spiro atoms. The van der Waals surface area contributed by atoms with Gasteiger partial charge in [0.15, 0.2) is 0 Å². The molecule has 0 unspecified atom stereocenters. The Bertz CT molecular complexity index is 653. The molecule has 0 bridgehead atoms. The fourth-order valence-corrected chi connectivity index (χ4v) is 1.82. The molecule has 0 saturated carbocycles. The Labute approximate surface area is 104 Å². The highest BCUT2D eigenvalue weighted by atomic mass is 16.4. The number of benzene rings is 2. The van der Waals surface area contributed by atoms with Gasteiger partial charge in [-0.2, -0.15) is 0 Å². The van der Waals surface area contributed by atoms with Crippen molar-refractivity contribution in [2.75, 3.05) is 5.32 Å². The van der Waals surface area contributed by atoms with Crippen molar-refractivity contribution < 1.29 is 9.21 Å². The molecule has 0 aliphatic heterocycles. The average Bonchev–Trinajstić information content (AvgIpc) is 2.82. The summed E-state index contributed by atoms with van der Waals surface area (Å²) in [4.78, 5) is 11.9. The first kappa shape index (κ1) is 10.6. The van der Waals surface area contributed by atoms with E-state index in [0.29, 0.717) is 11.4 Å². The number of rotatable bonds is 2. The molecule has 0 atom stereocenters. The van der Waals surface area contributed by atoms with Gasteiger partial charge in [-0.15, -0.1) is 0 Å². The van der Waals surface area contributed by atoms with Crippen LogP contribution in [0.15, 0.2) is 65.1 Å². The SMILES string of the molecule is O=C(Nc1cc2ccccc2o1)c1ccccc1. The van der Waals surface area contributed by atoms with E-state index in [9.17, 15) is 4.79 Å². The van der Waals surface area contributed by atoms with Gasteiger partial charge in [-0.1, -0.05) is 36.4 Å². The molecule has 18 heavy (non-hydrogen) atoms. The van der Waals surface area contributed by atoms with E-state index in [1.165, 1.54) is 0 Å². The van der Waals surface area contributed by atoms with E-state index in [0.717, 1.165) is 11.0 Å². The van der Waals surface area contributed by atoms with Crippen molar-refractivity contribution in [2.45, 2.75) is 0 Å². The molecule has 1 aromatic heterocycles. The van der Waals surface area contributed by atoms with Crippen LogP contribution in [0.3, 0.4) is 0 Å². The van der Waals surface area contributed by atoms with Crippen molar-refractivity contribution in [2.24, 2.45) is 0 Å². The number of carbonyl (C=O) groups is 1. The first-order chi connectivity index (χ1) is 8.83. The molecule has 88 valence electrons. The van der Waals surface area contributed by atoms with Crippen LogP contribution in [0, 0.1) is 0 Å². The highest BCUT2D eigenvalue weighted by Crippen LogP contribution is 2.22. The molecular formula is C15H11NO2. The summed E-state index contributed by atoms with van der Waals surface area (Å²) in [6.07, 6.45) is 0. The second-order valence-electron chi connectivity index (χ2n) is 3.97. The van der Waals surface area contributed by atoms with Crippen LogP contribution >= 0.6 is 0 Å². The maximum absolute atomic E-state index is 11.9. The van der Waals surface area contributed by atoms with E-state index in [4.69, 9.17) is 4.42 Å². The van der Waals surface area contributed by atoms with Gasteiger partial charge in [0.2, 0.25) is 5.88 Å². The van der Waals surface area contributed by atoms with Crippen molar-refractivity contribution in [3.05, 3.63) is 66.2 Å². The number of carbonyl (C=O) groups excluding carboxylic acids is 1. The number of para-hydroxylation sites is 1. The second kappa shape index (κ2) is 4.37. The number of hydrogen-bond donors (Lipinski definition) is 1. The van der Waals surface area contributed by atoms with Crippen molar-refractivity contribution in [3.63, 3.8) is 0 Å². The fraction of sp³-hybridized carbons (Fsp3) is 0. The third kappa shape index (κ3) is 1.98. The lowest BCUT2D eigenvalue weighted by Crippen LogP contribution is -2.10. The van der Waals surface area contributed by atoms with Gasteiger partial charge in [-0.05, 0) is 18.2 Å². The number of anilines is 1. The Morgan fingerprint density at radius 1 is 0.944 bits per heavy atom. The van der Waals surface area contributed by atoms with Crippen LogP contribution in [0.2, 0.25) is 0 Å². The Morgan fingerprint density at radius 3 is 2.44 bits per heavy atom. The summed E-state index contributed by atoms with van der Waals surface area (Å²) in [7, 11) is 0. The van der Waals surface area contributed by atoms with Crippen molar-refractivity contribution >= 4 is 22.8 Å². The lowest BCUT2D eigenvalue weighted by Gasteiger charge is -2.00. The summed E-state index contributed by atoms with van der Waals surface area (Å²) in [5, 5.41) is 3.72. The minimum atomic E-state index is -0.172. The number of amides is 1. The second-order valence-corrected chi connectivity index (χ2v) is 3.97. The normalized spacial score (nSPS) is 10.4. The molecule has 3 nitrogen and oxygen atoms in total. The summed E-state index contributed by atoms with van der Waals surface area (Å²) in [6, 6.07) is 18.5. The van der Waals surface area contributed by atoms with Gasteiger partial charge in [0.25, 0.3) is 5.91 Å². The van der Waals surface area contributed by atoms with Crippen LogP contribution in [0.4, 0.5) is 5.88 Å². The fourth-order valence-electron chi connectivity index (χ4n) is 1.82. The molecule has 3 rings (SSSR count). The van der Waals surface area contributed by atoms with Gasteiger partial charge in [-0.3, -0.25) is 10.1 Å². The monoisotopic (exact) mass is 237 g/mol. The van der Waals surface area contributed by atoms with E-state index in [1.54, 1.807) is 12.1 Å². The summed E-state index contributed by atoms with van der Waals surface area (Å²) in [5.74, 6) is 0.291. The van der Waals surface area contributed by atoms with Gasteiger partial charge in [-0.25, -0.2) is 0 Å². The Morgan fingerprint density at radius 2 is 1.67 bits per heavy atom. The summed E-state index contributed by atoms with van der Waals surface area (Å²) in [5.41, 5.74) is 1.37. The highest BCUT2D eigenvalue weighted by molar-refractivity contribution is 6.04. The zero-order chi connectivity index (χ0) is 12.4. The van der Waals surface area contributed by atoms with E-state index in [2.05, 4.69) is 5.32 Å². The molecule has 1 N–H and O–H groups in total. The maximum atomic E-state index is 11.9. The van der Waals surface area contributed by atoms with Crippen LogP contribution in [-0.4, -0.2) is 5.91 Å². The van der Waals surface area contributed by atoms with E-state index < -0.39 is 0 Å². The summed E-state index contributed by atoms with van der Waals surface area (Å²) >= 11 is 0. The van der Waals surface area contributed by atoms with Crippen molar-refractivity contribution in [1.29, 1.82) is 0 Å². The summed E-state index contributed by atoms with van der Waals surface area (Å²) < 4.78 is 5.53. The molecule has 0 aliphatic rings. The predicted molar refractivity (Wildman–Crippen MR) is 70.6 cm³/mol. The molecule has 0 fully saturated rings. The lowest BCUT2D eigenvalue weighted by molar-refractivity contribution is 0.102. The number of hydrogen-bond acceptors (Lipinski definition) is 2. The molecule has 1 amide bonds. The highest BCUT2D eigenvalue weighted by Gasteiger charge is 2.08. The third-order valence-electron chi connectivity index (χ3n) is 2.70. The smallest absolute Gasteiger partial charge is 0.257 e. The first-order valence-corrected chi connectivity index (χ1v) is 5.68. The molecule has 3 aromatic rings. The quantitative estimate of drug-likeness (QED) is 0.738. The Kier molecular flexibility index (Phi) is 2.57. The van der Waals surface area contributed by atoms with Crippen LogP contribution in [-0.2, 0) is 0 Å². The molecule has 0 aliphatic carbocycles. The minimum absolute atomic E-state index is 0.172. The number of fused-ring (bicyclic) bond motifs is 1. The van der Waals surface area contributed by atoms with Gasteiger partial charge in [0, 0.05) is 17.0 Å². The van der Waals surface area contributed by atoms with Crippen molar-refractivity contribution in [3.8, 4) is 0 Å². The molecule has 0 saturated heterocycles. The number of furan rings is 1. The van der Waals surface area contributed by atoms with Crippen LogP contribution in [0.25, 0.3) is 11.0 Å². The minimum Gasteiger partial charge on any atom is -0.440 e. The van der Waals surface area contributed by atoms with Crippen LogP contribution in [0.1, 0.15) is 10.4 Å². The topological polar surface area (TPSA) is 42.2 Å². The molecule has 3 heteroatoms. The summed E-state index contributed by atoms with van der Waals surface area (Å²) in [6.45, 7) is 0. The van der Waals surface area contributed by atoms with Gasteiger partial charge < -0.3 is 4.42 Å². The zero-order valence-corrected chi connectivity index (χ0v) is 9.59. The molecule has 1 heterocycles. The standard InChI is InChI=1S/C15H11NO2/c17-15(11-6-2-1-3-7-11)16-14-10-12-8-4-5-9-13(12)18-14/h1-10H,(H,16,17). The van der Waals surface area contributed by atoms with E-state index in [-0.39, 0.29) is 5.91 Å². The van der Waals surface area contributed by atoms with Crippen LogP contribution < -0.4 is 5.32 Å². The molecule has 2 aromatic carbocycles. The van der Waals surface area contributed by atoms with Gasteiger partial charge >= 0.3 is 0 Å². The third-order valence-corrected chi connectivity index (χ3v) is 2.70. The Balaban J connectivity index is 1.86. The lowest BCUT2D eigenvalue weighted by atomic mass is 10.2. The predicted octanol–water partition coefficient (Wildman–Crippen LogP) is 3.69. The van der Waals surface area contributed by atoms with Crippen molar-refractivity contribution in [1.82, 2.24) is 0 Å². The van der Waals surface area contributed by atoms with Crippen LogP contribution in [0.5, 0.6) is 0 Å². The molecule has 0 radical (unpaired) electrons. The Hall–Kier alpha value is -2.55. The van der Waals surface area contributed by atoms with Gasteiger partial charge in [0.1, 0.15) is 5.58 Å². The molecular weight excluding hydrogens is 226 g/mol. The van der Waals surface area contributed by atoms with E-state index in [1.807, 2.05) is 48.5 Å².